The summed E-state index contributed by atoms with van der Waals surface area (Å²) < 4.78 is 0. The Morgan fingerprint density at radius 2 is 2.14 bits per heavy atom. The Kier molecular flexibility index (Phi) is 2.14. The van der Waals surface area contributed by atoms with Gasteiger partial charge in [0.05, 0.1) is 0 Å². The summed E-state index contributed by atoms with van der Waals surface area (Å²) in [6, 6.07) is 2.29. The van der Waals surface area contributed by atoms with Gasteiger partial charge in [-0.1, -0.05) is 25.4 Å². The number of hydrogen-bond donors (Lipinski definition) is 1. The second-order valence-electron chi connectivity index (χ2n) is 4.51. The molecule has 1 aromatic heterocycles. The van der Waals surface area contributed by atoms with E-state index in [0.29, 0.717) is 22.4 Å². The van der Waals surface area contributed by atoms with Gasteiger partial charge in [0.2, 0.25) is 0 Å². The molecule has 0 radical (unpaired) electrons. The van der Waals surface area contributed by atoms with Crippen molar-refractivity contribution >= 4 is 17.4 Å². The second kappa shape index (κ2) is 3.09. The highest BCUT2D eigenvalue weighted by Gasteiger charge is 2.45. The monoisotopic (exact) mass is 211 g/mol. The van der Waals surface area contributed by atoms with Crippen LogP contribution in [0.2, 0.25) is 5.15 Å². The lowest BCUT2D eigenvalue weighted by atomic mass is 10.2. The molecule has 3 nitrogen and oxygen atoms in total. The molecule has 1 saturated carbocycles. The van der Waals surface area contributed by atoms with Gasteiger partial charge in [-0.05, 0) is 18.8 Å². The van der Waals surface area contributed by atoms with E-state index in [0.717, 1.165) is 5.82 Å². The predicted molar refractivity (Wildman–Crippen MR) is 57.6 cm³/mol. The third-order valence-electron chi connectivity index (χ3n) is 2.64. The molecule has 1 aliphatic rings. The summed E-state index contributed by atoms with van der Waals surface area (Å²) in [5, 5.41) is 3.85. The Morgan fingerprint density at radius 1 is 1.50 bits per heavy atom. The van der Waals surface area contributed by atoms with Crippen molar-refractivity contribution in [2.24, 2.45) is 5.41 Å². The molecule has 4 heteroatoms. The summed E-state index contributed by atoms with van der Waals surface area (Å²) in [5.74, 6) is 1.54. The third-order valence-corrected chi connectivity index (χ3v) is 2.84. The molecule has 14 heavy (non-hydrogen) atoms. The molecule has 0 bridgehead atoms. The molecule has 1 aliphatic carbocycles. The average Bonchev–Trinajstić information content (AvgIpc) is 2.55. The normalized spacial score (nSPS) is 23.3. The van der Waals surface area contributed by atoms with Crippen molar-refractivity contribution in [2.75, 3.05) is 5.32 Å². The lowest BCUT2D eigenvalue weighted by Gasteiger charge is -2.07. The summed E-state index contributed by atoms with van der Waals surface area (Å²) in [6.07, 6.45) is 1.19. The van der Waals surface area contributed by atoms with E-state index in [1.54, 1.807) is 6.07 Å². The van der Waals surface area contributed by atoms with E-state index in [-0.39, 0.29) is 0 Å². The average molecular weight is 212 g/mol. The van der Waals surface area contributed by atoms with Gasteiger partial charge in [0, 0.05) is 12.1 Å². The summed E-state index contributed by atoms with van der Waals surface area (Å²) in [6.45, 7) is 6.32. The quantitative estimate of drug-likeness (QED) is 0.765. The molecular weight excluding hydrogens is 198 g/mol. The topological polar surface area (TPSA) is 37.8 Å². The zero-order chi connectivity index (χ0) is 10.3. The molecule has 1 N–H and O–H groups in total. The summed E-state index contributed by atoms with van der Waals surface area (Å²) >= 11 is 5.83. The molecule has 1 heterocycles. The number of anilines is 1. The molecule has 2 rings (SSSR count). The number of aromatic nitrogens is 2. The molecule has 1 unspecified atom stereocenters. The fourth-order valence-electron chi connectivity index (χ4n) is 1.50. The number of hydrogen-bond acceptors (Lipinski definition) is 3. The number of halogens is 1. The van der Waals surface area contributed by atoms with Crippen LogP contribution < -0.4 is 5.32 Å². The van der Waals surface area contributed by atoms with Gasteiger partial charge in [-0.2, -0.15) is 0 Å². The molecule has 0 aliphatic heterocycles. The lowest BCUT2D eigenvalue weighted by Crippen LogP contribution is -2.10. The Balaban J connectivity index is 2.10. The van der Waals surface area contributed by atoms with Crippen LogP contribution in [0.3, 0.4) is 0 Å². The minimum Gasteiger partial charge on any atom is -0.367 e. The first kappa shape index (κ1) is 9.71. The van der Waals surface area contributed by atoms with E-state index in [1.807, 2.05) is 6.92 Å². The molecule has 76 valence electrons. The van der Waals surface area contributed by atoms with E-state index in [9.17, 15) is 0 Å². The van der Waals surface area contributed by atoms with Gasteiger partial charge >= 0.3 is 0 Å². The van der Waals surface area contributed by atoms with Gasteiger partial charge in [0.1, 0.15) is 16.8 Å². The van der Waals surface area contributed by atoms with Crippen molar-refractivity contribution in [1.29, 1.82) is 0 Å². The maximum atomic E-state index is 5.83. The molecule has 1 atom stereocenters. The molecule has 1 aromatic rings. The van der Waals surface area contributed by atoms with Crippen molar-refractivity contribution < 1.29 is 0 Å². The second-order valence-corrected chi connectivity index (χ2v) is 4.90. The van der Waals surface area contributed by atoms with Crippen molar-refractivity contribution in [1.82, 2.24) is 9.97 Å². The maximum absolute atomic E-state index is 5.83. The molecule has 0 spiro atoms. The van der Waals surface area contributed by atoms with Crippen LogP contribution in [0, 0.1) is 12.3 Å². The highest BCUT2D eigenvalue weighted by atomic mass is 35.5. The fourth-order valence-corrected chi connectivity index (χ4v) is 1.72. The van der Waals surface area contributed by atoms with Crippen molar-refractivity contribution in [3.05, 3.63) is 17.0 Å². The Labute approximate surface area is 88.9 Å². The van der Waals surface area contributed by atoms with Crippen molar-refractivity contribution in [3.8, 4) is 0 Å². The summed E-state index contributed by atoms with van der Waals surface area (Å²) in [4.78, 5) is 8.29. The number of aryl methyl sites for hydroxylation is 1. The standard InChI is InChI=1S/C10H14ClN3/c1-6-12-8(11)4-9(13-6)14-7-5-10(7,2)3/h4,7H,5H2,1-3H3,(H,12,13,14). The van der Waals surface area contributed by atoms with Gasteiger partial charge in [-0.25, -0.2) is 9.97 Å². The fraction of sp³-hybridized carbons (Fsp3) is 0.600. The van der Waals surface area contributed by atoms with Crippen LogP contribution in [0.5, 0.6) is 0 Å². The molecule has 1 fully saturated rings. The lowest BCUT2D eigenvalue weighted by molar-refractivity contribution is 0.629. The number of nitrogens with one attached hydrogen (secondary N) is 1. The Morgan fingerprint density at radius 3 is 2.64 bits per heavy atom. The number of nitrogens with zero attached hydrogens (tertiary/aromatic N) is 2. The highest BCUT2D eigenvalue weighted by Crippen LogP contribution is 2.46. The van der Waals surface area contributed by atoms with Crippen LogP contribution >= 0.6 is 11.6 Å². The minimum absolute atomic E-state index is 0.394. The van der Waals surface area contributed by atoms with Gasteiger partial charge < -0.3 is 5.32 Å². The Bertz CT molecular complexity index is 342. The van der Waals surface area contributed by atoms with Crippen LogP contribution in [-0.2, 0) is 0 Å². The van der Waals surface area contributed by atoms with Crippen LogP contribution in [0.25, 0.3) is 0 Å². The first-order valence-electron chi connectivity index (χ1n) is 4.75. The van der Waals surface area contributed by atoms with E-state index < -0.39 is 0 Å². The van der Waals surface area contributed by atoms with Crippen molar-refractivity contribution in [3.63, 3.8) is 0 Å². The van der Waals surface area contributed by atoms with E-state index in [2.05, 4.69) is 29.1 Å². The molecule has 0 saturated heterocycles. The van der Waals surface area contributed by atoms with Gasteiger partial charge in [0.25, 0.3) is 0 Å². The zero-order valence-electron chi connectivity index (χ0n) is 8.63. The predicted octanol–water partition coefficient (Wildman–Crippen LogP) is 2.65. The Hall–Kier alpha value is -0.830. The molecule has 0 amide bonds. The van der Waals surface area contributed by atoms with Crippen LogP contribution in [0.1, 0.15) is 26.1 Å². The summed E-state index contributed by atoms with van der Waals surface area (Å²) in [5.41, 5.74) is 0.394. The molecule has 0 aromatic carbocycles. The summed E-state index contributed by atoms with van der Waals surface area (Å²) in [7, 11) is 0. The van der Waals surface area contributed by atoms with Crippen LogP contribution in [-0.4, -0.2) is 16.0 Å². The third kappa shape index (κ3) is 1.98. The van der Waals surface area contributed by atoms with Gasteiger partial charge in [0.15, 0.2) is 0 Å². The number of rotatable bonds is 2. The van der Waals surface area contributed by atoms with Gasteiger partial charge in [-0.3, -0.25) is 0 Å². The van der Waals surface area contributed by atoms with Crippen LogP contribution in [0.4, 0.5) is 5.82 Å². The maximum Gasteiger partial charge on any atom is 0.134 e. The zero-order valence-corrected chi connectivity index (χ0v) is 9.39. The SMILES string of the molecule is Cc1nc(Cl)cc(NC2CC2(C)C)n1. The smallest absolute Gasteiger partial charge is 0.134 e. The van der Waals surface area contributed by atoms with Gasteiger partial charge in [-0.15, -0.1) is 0 Å². The highest BCUT2D eigenvalue weighted by molar-refractivity contribution is 6.29. The largest absolute Gasteiger partial charge is 0.367 e. The van der Waals surface area contributed by atoms with E-state index in [1.165, 1.54) is 6.42 Å². The van der Waals surface area contributed by atoms with E-state index in [4.69, 9.17) is 11.6 Å². The van der Waals surface area contributed by atoms with Crippen molar-refractivity contribution in [2.45, 2.75) is 33.2 Å². The minimum atomic E-state index is 0.394. The van der Waals surface area contributed by atoms with E-state index >= 15 is 0 Å². The first-order valence-corrected chi connectivity index (χ1v) is 5.13. The first-order chi connectivity index (χ1) is 6.47. The van der Waals surface area contributed by atoms with Crippen LogP contribution in [0.15, 0.2) is 6.07 Å². The molecular formula is C10H14ClN3.